The number of para-hydroxylation sites is 1. The number of halogens is 4. The van der Waals surface area contributed by atoms with Gasteiger partial charge >= 0.3 is 6.18 Å². The first kappa shape index (κ1) is 23.5. The van der Waals surface area contributed by atoms with E-state index in [4.69, 9.17) is 10.5 Å². The number of carbonyl (C=O) groups excluding carboxylic acids is 1. The third-order valence-corrected chi connectivity index (χ3v) is 4.63. The molecule has 5 nitrogen and oxygen atoms in total. The van der Waals surface area contributed by atoms with E-state index in [-0.39, 0.29) is 37.2 Å². The van der Waals surface area contributed by atoms with Crippen LogP contribution in [0.1, 0.15) is 37.7 Å². The number of benzene rings is 1. The van der Waals surface area contributed by atoms with Crippen molar-refractivity contribution in [3.05, 3.63) is 29.8 Å². The molecule has 154 valence electrons. The van der Waals surface area contributed by atoms with E-state index >= 15 is 0 Å². The Bertz CT molecular complexity index is 622. The number of hydrogen-bond donors (Lipinski definition) is 2. The second kappa shape index (κ2) is 9.61. The van der Waals surface area contributed by atoms with Crippen LogP contribution in [-0.4, -0.2) is 47.8 Å². The van der Waals surface area contributed by atoms with Gasteiger partial charge in [-0.2, -0.15) is 13.2 Å². The average Bonchev–Trinajstić information content (AvgIpc) is 2.59. The van der Waals surface area contributed by atoms with Crippen molar-refractivity contribution in [3.63, 3.8) is 0 Å². The molecule has 1 saturated carbocycles. The lowest BCUT2D eigenvalue weighted by atomic mass is 9.81. The Kier molecular flexibility index (Phi) is 8.38. The van der Waals surface area contributed by atoms with Gasteiger partial charge in [-0.3, -0.25) is 4.79 Å². The van der Waals surface area contributed by atoms with Crippen molar-refractivity contribution in [2.75, 3.05) is 20.2 Å². The van der Waals surface area contributed by atoms with Gasteiger partial charge in [-0.1, -0.05) is 31.4 Å². The predicted octanol–water partition coefficient (Wildman–Crippen LogP) is 2.99. The molecule has 3 N–H and O–H groups in total. The summed E-state index contributed by atoms with van der Waals surface area (Å²) in [5.41, 5.74) is 4.36. The zero-order valence-corrected chi connectivity index (χ0v) is 16.0. The standard InChI is InChI=1S/C18H25F3N2O3.ClH/c1-23(16(25)17(22)9-5-2-6-10-17)11-13(24)12-26-15-8-4-3-7-14(15)18(19,20)21;/h3-4,7-8,13,24H,2,5-6,9-12,22H2,1H3;1H. The first-order valence-corrected chi connectivity index (χ1v) is 8.65. The number of aliphatic hydroxyl groups excluding tert-OH is 1. The molecule has 0 heterocycles. The van der Waals surface area contributed by atoms with Gasteiger partial charge in [-0.25, -0.2) is 0 Å². The quantitative estimate of drug-likeness (QED) is 0.756. The summed E-state index contributed by atoms with van der Waals surface area (Å²) < 4.78 is 43.9. The van der Waals surface area contributed by atoms with Gasteiger partial charge in [0.15, 0.2) is 0 Å². The Morgan fingerprint density at radius 2 is 1.89 bits per heavy atom. The van der Waals surface area contributed by atoms with Gasteiger partial charge in [-0.15, -0.1) is 12.4 Å². The molecule has 1 aliphatic rings. The van der Waals surface area contributed by atoms with Gasteiger partial charge < -0.3 is 20.5 Å². The molecule has 1 unspecified atom stereocenters. The minimum Gasteiger partial charge on any atom is -0.490 e. The summed E-state index contributed by atoms with van der Waals surface area (Å²) in [6.07, 6.45) is -1.65. The van der Waals surface area contributed by atoms with Gasteiger partial charge in [-0.05, 0) is 25.0 Å². The molecule has 1 atom stereocenters. The number of nitrogens with zero attached hydrogens (tertiary/aromatic N) is 1. The Morgan fingerprint density at radius 3 is 2.48 bits per heavy atom. The highest BCUT2D eigenvalue weighted by molar-refractivity contribution is 5.86. The van der Waals surface area contributed by atoms with Gasteiger partial charge in [0.1, 0.15) is 18.5 Å². The fourth-order valence-corrected chi connectivity index (χ4v) is 3.24. The Hall–Kier alpha value is -1.51. The summed E-state index contributed by atoms with van der Waals surface area (Å²) in [4.78, 5) is 13.8. The number of alkyl halides is 3. The Balaban J connectivity index is 0.00000364. The Labute approximate surface area is 163 Å². The maximum atomic E-state index is 12.9. The summed E-state index contributed by atoms with van der Waals surface area (Å²) >= 11 is 0. The van der Waals surface area contributed by atoms with Crippen molar-refractivity contribution in [1.82, 2.24) is 4.90 Å². The molecule has 2 rings (SSSR count). The van der Waals surface area contributed by atoms with Crippen LogP contribution in [0.25, 0.3) is 0 Å². The fourth-order valence-electron chi connectivity index (χ4n) is 3.24. The van der Waals surface area contributed by atoms with Crippen molar-refractivity contribution >= 4 is 18.3 Å². The molecule has 0 bridgehead atoms. The second-order valence-corrected chi connectivity index (χ2v) is 6.86. The molecule has 1 fully saturated rings. The van der Waals surface area contributed by atoms with Crippen molar-refractivity contribution in [1.29, 1.82) is 0 Å². The van der Waals surface area contributed by atoms with E-state index < -0.39 is 23.4 Å². The number of ether oxygens (including phenoxy) is 1. The monoisotopic (exact) mass is 410 g/mol. The predicted molar refractivity (Wildman–Crippen MR) is 97.8 cm³/mol. The van der Waals surface area contributed by atoms with Gasteiger partial charge in [0, 0.05) is 13.6 Å². The minimum absolute atomic E-state index is 0. The lowest BCUT2D eigenvalue weighted by molar-refractivity contribution is -0.139. The van der Waals surface area contributed by atoms with E-state index in [2.05, 4.69) is 0 Å². The van der Waals surface area contributed by atoms with Crippen LogP contribution in [0.3, 0.4) is 0 Å². The summed E-state index contributed by atoms with van der Waals surface area (Å²) in [5.74, 6) is -0.609. The van der Waals surface area contributed by atoms with E-state index in [9.17, 15) is 23.1 Å². The number of carbonyl (C=O) groups is 1. The summed E-state index contributed by atoms with van der Waals surface area (Å²) in [7, 11) is 1.53. The maximum Gasteiger partial charge on any atom is 0.419 e. The third kappa shape index (κ3) is 6.26. The fraction of sp³-hybridized carbons (Fsp3) is 0.611. The van der Waals surface area contributed by atoms with Crippen LogP contribution in [0.4, 0.5) is 13.2 Å². The molecule has 0 aromatic heterocycles. The highest BCUT2D eigenvalue weighted by Crippen LogP contribution is 2.36. The second-order valence-electron chi connectivity index (χ2n) is 6.86. The van der Waals surface area contributed by atoms with Crippen LogP contribution in [0, 0.1) is 0 Å². The number of nitrogens with two attached hydrogens (primary N) is 1. The molecule has 1 aromatic carbocycles. The van der Waals surface area contributed by atoms with E-state index in [1.807, 2.05) is 0 Å². The van der Waals surface area contributed by atoms with E-state index in [0.717, 1.165) is 25.3 Å². The van der Waals surface area contributed by atoms with E-state index in [1.165, 1.54) is 30.1 Å². The smallest absolute Gasteiger partial charge is 0.419 e. The van der Waals surface area contributed by atoms with Gasteiger partial charge in [0.2, 0.25) is 5.91 Å². The number of rotatable bonds is 6. The van der Waals surface area contributed by atoms with E-state index in [1.54, 1.807) is 0 Å². The minimum atomic E-state index is -4.54. The molecular weight excluding hydrogens is 385 g/mol. The highest BCUT2D eigenvalue weighted by atomic mass is 35.5. The van der Waals surface area contributed by atoms with Crippen molar-refractivity contribution in [2.24, 2.45) is 5.73 Å². The van der Waals surface area contributed by atoms with Crippen molar-refractivity contribution in [3.8, 4) is 5.75 Å². The largest absolute Gasteiger partial charge is 0.490 e. The van der Waals surface area contributed by atoms with Gasteiger partial charge in [0.25, 0.3) is 0 Å². The number of aliphatic hydroxyl groups is 1. The molecule has 0 aliphatic heterocycles. The molecule has 27 heavy (non-hydrogen) atoms. The summed E-state index contributed by atoms with van der Waals surface area (Å²) in [5, 5.41) is 10.1. The van der Waals surface area contributed by atoms with Crippen molar-refractivity contribution in [2.45, 2.75) is 49.9 Å². The van der Waals surface area contributed by atoms with Crippen LogP contribution in [0.5, 0.6) is 5.75 Å². The molecule has 0 spiro atoms. The maximum absolute atomic E-state index is 12.9. The Morgan fingerprint density at radius 1 is 1.30 bits per heavy atom. The lowest BCUT2D eigenvalue weighted by Gasteiger charge is -2.36. The molecule has 0 radical (unpaired) electrons. The lowest BCUT2D eigenvalue weighted by Crippen LogP contribution is -2.56. The van der Waals surface area contributed by atoms with Crippen LogP contribution in [0.2, 0.25) is 0 Å². The zero-order chi connectivity index (χ0) is 19.4. The SMILES string of the molecule is CN(CC(O)COc1ccccc1C(F)(F)F)C(=O)C1(N)CCCCC1.Cl. The first-order valence-electron chi connectivity index (χ1n) is 8.65. The average molecular weight is 411 g/mol. The zero-order valence-electron chi connectivity index (χ0n) is 15.2. The van der Waals surface area contributed by atoms with E-state index in [0.29, 0.717) is 12.8 Å². The van der Waals surface area contributed by atoms with Crippen LogP contribution < -0.4 is 10.5 Å². The summed E-state index contributed by atoms with van der Waals surface area (Å²) in [6, 6.07) is 4.80. The third-order valence-electron chi connectivity index (χ3n) is 4.63. The first-order chi connectivity index (χ1) is 12.1. The van der Waals surface area contributed by atoms with Crippen LogP contribution in [0.15, 0.2) is 24.3 Å². The molecule has 9 heteroatoms. The topological polar surface area (TPSA) is 75.8 Å². The summed E-state index contributed by atoms with van der Waals surface area (Å²) in [6.45, 7) is -0.422. The number of likely N-dealkylation sites (N-methyl/N-ethyl adjacent to an activating group) is 1. The number of hydrogen-bond acceptors (Lipinski definition) is 4. The molecule has 1 amide bonds. The normalized spacial score (nSPS) is 17.6. The highest BCUT2D eigenvalue weighted by Gasteiger charge is 2.38. The molecular formula is C18H26ClF3N2O3. The molecule has 1 aliphatic carbocycles. The molecule has 0 saturated heterocycles. The van der Waals surface area contributed by atoms with Crippen molar-refractivity contribution < 1.29 is 27.8 Å². The molecule has 1 aromatic rings. The number of amides is 1. The van der Waals surface area contributed by atoms with Crippen LogP contribution in [-0.2, 0) is 11.0 Å². The van der Waals surface area contributed by atoms with Crippen LogP contribution >= 0.6 is 12.4 Å². The van der Waals surface area contributed by atoms with Gasteiger partial charge in [0.05, 0.1) is 11.1 Å².